The van der Waals surface area contributed by atoms with Crippen LogP contribution in [0.4, 0.5) is 16.4 Å². The number of carbonyl (C=O) groups is 1. The van der Waals surface area contributed by atoms with Crippen molar-refractivity contribution in [2.24, 2.45) is 0 Å². The van der Waals surface area contributed by atoms with E-state index in [0.29, 0.717) is 49.4 Å². The van der Waals surface area contributed by atoms with Gasteiger partial charge in [0.25, 0.3) is 0 Å². The van der Waals surface area contributed by atoms with Crippen LogP contribution in [0.15, 0.2) is 6.07 Å². The zero-order valence-corrected chi connectivity index (χ0v) is 19.6. The third-order valence-corrected chi connectivity index (χ3v) is 5.04. The molecule has 0 spiro atoms. The fourth-order valence-electron chi connectivity index (χ4n) is 3.30. The van der Waals surface area contributed by atoms with E-state index in [1.54, 1.807) is 4.90 Å². The molecule has 31 heavy (non-hydrogen) atoms. The highest BCUT2D eigenvalue weighted by atomic mass is 16.6. The predicted octanol–water partition coefficient (Wildman–Crippen LogP) is 4.46. The second-order valence-corrected chi connectivity index (χ2v) is 9.32. The Morgan fingerprint density at radius 2 is 1.87 bits per heavy atom. The zero-order chi connectivity index (χ0) is 22.8. The number of nitrogens with zero attached hydrogens (tertiary/aromatic N) is 4. The molecule has 1 fully saturated rings. The Labute approximate surface area is 183 Å². The number of hydrogen-bond donors (Lipinski definition) is 2. The van der Waals surface area contributed by atoms with E-state index in [1.807, 2.05) is 40.7 Å². The molecule has 0 saturated carbocycles. The average Bonchev–Trinajstić information content (AvgIpc) is 3.14. The lowest BCUT2D eigenvalue weighted by Crippen LogP contribution is -2.44. The number of aryl methyl sites for hydroxylation is 2. The van der Waals surface area contributed by atoms with Crippen LogP contribution in [0.25, 0.3) is 0 Å². The second kappa shape index (κ2) is 9.11. The molecular weight excluding hydrogens is 396 g/mol. The third-order valence-electron chi connectivity index (χ3n) is 5.04. The van der Waals surface area contributed by atoms with Crippen molar-refractivity contribution in [3.05, 3.63) is 23.1 Å². The first kappa shape index (κ1) is 22.8. The summed E-state index contributed by atoms with van der Waals surface area (Å²) in [6, 6.07) is 1.97. The predicted molar refractivity (Wildman–Crippen MR) is 119 cm³/mol. The average molecular weight is 431 g/mol. The molecule has 0 radical (unpaired) electrons. The lowest BCUT2D eigenvalue weighted by atomic mass is 10.1. The van der Waals surface area contributed by atoms with Crippen molar-refractivity contribution < 1.29 is 14.3 Å². The van der Waals surface area contributed by atoms with Gasteiger partial charge in [-0.3, -0.25) is 5.10 Å². The lowest BCUT2D eigenvalue weighted by molar-refractivity contribution is 0.0122. The van der Waals surface area contributed by atoms with Crippen LogP contribution < -0.4 is 10.1 Å². The highest BCUT2D eigenvalue weighted by Gasteiger charge is 2.28. The molecular formula is C22H34N6O3. The minimum Gasteiger partial charge on any atom is -0.473 e. The van der Waals surface area contributed by atoms with Crippen molar-refractivity contribution in [3.8, 4) is 5.88 Å². The number of hydrogen-bond acceptors (Lipinski definition) is 7. The van der Waals surface area contributed by atoms with Gasteiger partial charge in [-0.2, -0.15) is 10.1 Å². The van der Waals surface area contributed by atoms with Crippen molar-refractivity contribution >= 4 is 17.7 Å². The molecule has 170 valence electrons. The van der Waals surface area contributed by atoms with Crippen LogP contribution in [-0.2, 0) is 4.74 Å². The van der Waals surface area contributed by atoms with Gasteiger partial charge in [0.2, 0.25) is 5.88 Å². The van der Waals surface area contributed by atoms with Crippen molar-refractivity contribution in [3.63, 3.8) is 0 Å². The molecule has 2 aromatic rings. The minimum absolute atomic E-state index is 0.0276. The normalized spacial score (nSPS) is 15.3. The maximum absolute atomic E-state index is 12.3. The summed E-state index contributed by atoms with van der Waals surface area (Å²) in [5, 5.41) is 10.6. The fourth-order valence-corrected chi connectivity index (χ4v) is 3.30. The molecule has 0 atom stereocenters. The van der Waals surface area contributed by atoms with E-state index >= 15 is 0 Å². The summed E-state index contributed by atoms with van der Waals surface area (Å²) in [6.07, 6.45) is 1.13. The van der Waals surface area contributed by atoms with Gasteiger partial charge in [-0.25, -0.2) is 9.78 Å². The maximum Gasteiger partial charge on any atom is 0.410 e. The molecule has 1 aliphatic heterocycles. The number of amides is 1. The first-order valence-electron chi connectivity index (χ1n) is 10.8. The molecule has 1 aliphatic rings. The number of nitrogens with one attached hydrogen (secondary N) is 2. The molecule has 0 aliphatic carbocycles. The molecule has 0 bridgehead atoms. The van der Waals surface area contributed by atoms with E-state index in [9.17, 15) is 4.79 Å². The molecule has 0 aromatic carbocycles. The van der Waals surface area contributed by atoms with Crippen molar-refractivity contribution in [2.45, 2.75) is 78.9 Å². The Bertz CT molecular complexity index is 910. The van der Waals surface area contributed by atoms with Crippen LogP contribution in [0, 0.1) is 13.8 Å². The Morgan fingerprint density at radius 3 is 2.45 bits per heavy atom. The quantitative estimate of drug-likeness (QED) is 0.721. The van der Waals surface area contributed by atoms with E-state index in [0.717, 1.165) is 17.1 Å². The number of piperidine rings is 1. The highest BCUT2D eigenvalue weighted by molar-refractivity contribution is 5.68. The fraction of sp³-hybridized carbons (Fsp3) is 0.636. The number of aromatic nitrogens is 4. The monoisotopic (exact) mass is 430 g/mol. The van der Waals surface area contributed by atoms with Crippen LogP contribution in [0.1, 0.15) is 70.5 Å². The number of H-pyrrole nitrogens is 1. The van der Waals surface area contributed by atoms with Gasteiger partial charge in [0, 0.05) is 37.7 Å². The number of aromatic amines is 1. The largest absolute Gasteiger partial charge is 0.473 e. The highest BCUT2D eigenvalue weighted by Crippen LogP contribution is 2.26. The number of anilines is 2. The standard InChI is InChI=1S/C22H34N6O3/c1-13(2)17-12-18(27-26-17)24-19-14(3)23-15(4)20(25-19)30-16-8-10-28(11-9-16)21(29)31-22(5,6)7/h12-13,16H,8-11H2,1-7H3,(H2,24,25,26,27). The first-order chi connectivity index (χ1) is 14.5. The Kier molecular flexibility index (Phi) is 6.71. The molecule has 2 aromatic heterocycles. The van der Waals surface area contributed by atoms with Gasteiger partial charge in [0.05, 0.1) is 11.4 Å². The Morgan fingerprint density at radius 1 is 1.19 bits per heavy atom. The molecule has 3 rings (SSSR count). The van der Waals surface area contributed by atoms with Crippen molar-refractivity contribution in [2.75, 3.05) is 18.4 Å². The summed E-state index contributed by atoms with van der Waals surface area (Å²) in [4.78, 5) is 23.2. The molecule has 2 N–H and O–H groups in total. The molecule has 1 saturated heterocycles. The van der Waals surface area contributed by atoms with Gasteiger partial charge in [-0.05, 0) is 40.5 Å². The maximum atomic E-state index is 12.3. The van der Waals surface area contributed by atoms with Gasteiger partial charge >= 0.3 is 6.09 Å². The molecule has 9 nitrogen and oxygen atoms in total. The third kappa shape index (κ3) is 6.08. The number of likely N-dealkylation sites (tertiary alicyclic amines) is 1. The van der Waals surface area contributed by atoms with Crippen molar-refractivity contribution in [1.29, 1.82) is 0 Å². The summed E-state index contributed by atoms with van der Waals surface area (Å²) in [6.45, 7) is 14.8. The van der Waals surface area contributed by atoms with E-state index in [2.05, 4.69) is 39.3 Å². The van der Waals surface area contributed by atoms with Gasteiger partial charge < -0.3 is 19.7 Å². The summed E-state index contributed by atoms with van der Waals surface area (Å²) in [5.74, 6) is 2.18. The van der Waals surface area contributed by atoms with E-state index in [-0.39, 0.29) is 12.2 Å². The van der Waals surface area contributed by atoms with E-state index in [4.69, 9.17) is 9.47 Å². The van der Waals surface area contributed by atoms with E-state index in [1.165, 1.54) is 0 Å². The topological polar surface area (TPSA) is 105 Å². The molecule has 1 amide bonds. The van der Waals surface area contributed by atoms with Crippen LogP contribution in [0.3, 0.4) is 0 Å². The second-order valence-electron chi connectivity index (χ2n) is 9.32. The van der Waals surface area contributed by atoms with Gasteiger partial charge in [0.1, 0.15) is 11.7 Å². The first-order valence-corrected chi connectivity index (χ1v) is 10.8. The summed E-state index contributed by atoms with van der Waals surface area (Å²) >= 11 is 0. The van der Waals surface area contributed by atoms with Crippen LogP contribution in [-0.4, -0.2) is 56.0 Å². The van der Waals surface area contributed by atoms with Crippen LogP contribution in [0.2, 0.25) is 0 Å². The number of carbonyl (C=O) groups excluding carboxylic acids is 1. The Hall–Kier alpha value is -2.84. The van der Waals surface area contributed by atoms with Crippen LogP contribution in [0.5, 0.6) is 5.88 Å². The summed E-state index contributed by atoms with van der Waals surface area (Å²) < 4.78 is 11.6. The lowest BCUT2D eigenvalue weighted by Gasteiger charge is -2.33. The molecule has 3 heterocycles. The van der Waals surface area contributed by atoms with Gasteiger partial charge in [0.15, 0.2) is 11.6 Å². The number of rotatable bonds is 5. The number of ether oxygens (including phenoxy) is 2. The summed E-state index contributed by atoms with van der Waals surface area (Å²) in [7, 11) is 0. The summed E-state index contributed by atoms with van der Waals surface area (Å²) in [5.41, 5.74) is 2.07. The Balaban J connectivity index is 1.63. The van der Waals surface area contributed by atoms with Gasteiger partial charge in [-0.15, -0.1) is 0 Å². The SMILES string of the molecule is Cc1nc(C)c(OC2CCN(C(=O)OC(C)(C)C)CC2)nc1Nc1cc(C(C)C)[nH]n1. The van der Waals surface area contributed by atoms with E-state index < -0.39 is 5.60 Å². The van der Waals surface area contributed by atoms with Crippen LogP contribution >= 0.6 is 0 Å². The minimum atomic E-state index is -0.493. The zero-order valence-electron chi connectivity index (χ0n) is 19.6. The molecule has 9 heteroatoms. The smallest absolute Gasteiger partial charge is 0.410 e. The van der Waals surface area contributed by atoms with Crippen molar-refractivity contribution in [1.82, 2.24) is 25.1 Å². The van der Waals surface area contributed by atoms with Gasteiger partial charge in [-0.1, -0.05) is 13.8 Å². The molecule has 0 unspecified atom stereocenters.